The highest BCUT2D eigenvalue weighted by Crippen LogP contribution is 2.43. The average Bonchev–Trinajstić information content (AvgIpc) is 3.32. The van der Waals surface area contributed by atoms with Gasteiger partial charge in [0.15, 0.2) is 0 Å². The number of carbonyl (C=O) groups is 1. The van der Waals surface area contributed by atoms with Crippen LogP contribution >= 0.6 is 7.82 Å². The molecule has 8 nitrogen and oxygen atoms in total. The first-order chi connectivity index (χ1) is 32.9. The third-order valence-corrected chi connectivity index (χ3v) is 13.2. The second kappa shape index (κ2) is 55.1. The van der Waals surface area contributed by atoms with Crippen molar-refractivity contribution in [3.8, 4) is 0 Å². The van der Waals surface area contributed by atoms with Gasteiger partial charge in [-0.25, -0.2) is 4.57 Å². The number of phosphoric acid groups is 1. The van der Waals surface area contributed by atoms with E-state index in [0.717, 1.165) is 70.6 Å². The summed E-state index contributed by atoms with van der Waals surface area (Å²) in [7, 11) is -4.29. The lowest BCUT2D eigenvalue weighted by Crippen LogP contribution is -2.28. The monoisotopic (exact) mass is 962 g/mol. The predicted molar refractivity (Wildman–Crippen MR) is 289 cm³/mol. The number of allylic oxidation sites excluding steroid dienone is 10. The summed E-state index contributed by atoms with van der Waals surface area (Å²) in [4.78, 5) is 22.7. The lowest BCUT2D eigenvalue weighted by atomic mass is 10.0. The summed E-state index contributed by atoms with van der Waals surface area (Å²) < 4.78 is 33.7. The Kier molecular flexibility index (Phi) is 53.7. The molecule has 0 aromatic rings. The molecule has 2 atom stereocenters. The first kappa shape index (κ1) is 65.2. The quantitative estimate of drug-likeness (QED) is 0.0268. The summed E-state index contributed by atoms with van der Waals surface area (Å²) in [6, 6.07) is 0. The van der Waals surface area contributed by atoms with E-state index in [9.17, 15) is 14.3 Å². The number of nitrogens with two attached hydrogens (primary N) is 1. The van der Waals surface area contributed by atoms with Gasteiger partial charge < -0.3 is 20.1 Å². The van der Waals surface area contributed by atoms with Crippen molar-refractivity contribution in [2.75, 3.05) is 33.0 Å². The second-order valence-corrected chi connectivity index (χ2v) is 20.2. The maximum atomic E-state index is 12.7. The van der Waals surface area contributed by atoms with Crippen LogP contribution in [0.3, 0.4) is 0 Å². The van der Waals surface area contributed by atoms with E-state index >= 15 is 0 Å². The zero-order chi connectivity index (χ0) is 48.7. The summed E-state index contributed by atoms with van der Waals surface area (Å²) in [6.45, 7) is 4.85. The Balaban J connectivity index is 3.90. The smallest absolute Gasteiger partial charge is 0.457 e. The highest BCUT2D eigenvalue weighted by Gasteiger charge is 2.25. The van der Waals surface area contributed by atoms with E-state index in [-0.39, 0.29) is 32.3 Å². The third kappa shape index (κ3) is 55.0. The van der Waals surface area contributed by atoms with Gasteiger partial charge in [-0.1, -0.05) is 261 Å². The molecule has 0 aliphatic rings. The van der Waals surface area contributed by atoms with E-state index in [1.807, 2.05) is 0 Å². The normalized spacial score (nSPS) is 13.7. The van der Waals surface area contributed by atoms with Crippen LogP contribution in [-0.2, 0) is 27.9 Å². The van der Waals surface area contributed by atoms with Gasteiger partial charge in [0.05, 0.1) is 19.8 Å². The molecule has 0 bridgehead atoms. The van der Waals surface area contributed by atoms with Gasteiger partial charge in [-0.05, 0) is 57.8 Å². The number of ether oxygens (including phenoxy) is 2. The first-order valence-corrected chi connectivity index (χ1v) is 29.8. The van der Waals surface area contributed by atoms with E-state index in [2.05, 4.69) is 74.6 Å². The van der Waals surface area contributed by atoms with Crippen molar-refractivity contribution in [2.24, 2.45) is 5.73 Å². The van der Waals surface area contributed by atoms with Gasteiger partial charge in [0, 0.05) is 19.6 Å². The van der Waals surface area contributed by atoms with Gasteiger partial charge in [0.1, 0.15) is 6.10 Å². The molecule has 0 saturated carbocycles. The topological polar surface area (TPSA) is 117 Å². The van der Waals surface area contributed by atoms with Crippen LogP contribution < -0.4 is 5.73 Å². The average molecular weight is 962 g/mol. The zero-order valence-electron chi connectivity index (χ0n) is 43.9. The molecule has 0 rings (SSSR count). The Morgan fingerprint density at radius 3 is 1.25 bits per heavy atom. The second-order valence-electron chi connectivity index (χ2n) is 18.8. The minimum Gasteiger partial charge on any atom is -0.457 e. The molecule has 0 radical (unpaired) electrons. The lowest BCUT2D eigenvalue weighted by molar-refractivity contribution is -0.154. The van der Waals surface area contributed by atoms with Gasteiger partial charge in [-0.15, -0.1) is 0 Å². The standard InChI is InChI=1S/C58H108NO7P/c1-3-5-7-9-11-13-15-17-19-21-23-25-27-28-29-31-33-35-37-39-41-43-45-47-49-51-58(60)66-57(56-65-67(61,62)64-54-52-59)55-63-53-50-48-46-44-42-40-38-36-34-32-30-26-24-22-20-18-16-14-12-10-8-6-4-2/h5,7,11,13,17,19,23,25,28-29,57H,3-4,6,8-10,12,14-16,18,20-22,24,26-27,30-56,59H2,1-2H3,(H,61,62)/b7-5-,13-11-,19-17-,25-23-,29-28-. The van der Waals surface area contributed by atoms with E-state index in [1.165, 1.54) is 173 Å². The van der Waals surface area contributed by atoms with Crippen LogP contribution in [0, 0.1) is 0 Å². The molecule has 0 spiro atoms. The molecule has 0 aromatic carbocycles. The van der Waals surface area contributed by atoms with E-state index in [0.29, 0.717) is 13.0 Å². The Bertz CT molecular complexity index is 1220. The van der Waals surface area contributed by atoms with Gasteiger partial charge >= 0.3 is 13.8 Å². The van der Waals surface area contributed by atoms with Gasteiger partial charge in [-0.3, -0.25) is 13.8 Å². The number of carbonyl (C=O) groups excluding carboxylic acids is 1. The molecule has 392 valence electrons. The molecule has 0 fully saturated rings. The fourth-order valence-corrected chi connectivity index (χ4v) is 8.85. The SMILES string of the molecule is CC/C=C\C/C=C\C/C=C\C/C=C\C/C=C\CCCCCCCCCCCC(=O)OC(COCCCCCCCCCCCCCCCCCCCCCCCCC)COP(=O)(O)OCCN. The lowest BCUT2D eigenvalue weighted by Gasteiger charge is -2.20. The molecular weight excluding hydrogens is 854 g/mol. The van der Waals surface area contributed by atoms with Crippen molar-refractivity contribution in [3.05, 3.63) is 60.8 Å². The molecule has 0 aliphatic heterocycles. The van der Waals surface area contributed by atoms with Crippen molar-refractivity contribution in [1.82, 2.24) is 0 Å². The third-order valence-electron chi connectivity index (χ3n) is 12.2. The van der Waals surface area contributed by atoms with Crippen molar-refractivity contribution in [1.29, 1.82) is 0 Å². The molecule has 2 unspecified atom stereocenters. The predicted octanol–water partition coefficient (Wildman–Crippen LogP) is 18.0. The molecule has 67 heavy (non-hydrogen) atoms. The van der Waals surface area contributed by atoms with Crippen LogP contribution in [0.5, 0.6) is 0 Å². The molecule has 0 saturated heterocycles. The Morgan fingerprint density at radius 2 is 0.836 bits per heavy atom. The molecule has 0 amide bonds. The van der Waals surface area contributed by atoms with Crippen molar-refractivity contribution < 1.29 is 32.8 Å². The minimum absolute atomic E-state index is 0.0971. The van der Waals surface area contributed by atoms with Crippen molar-refractivity contribution in [2.45, 2.75) is 270 Å². The summed E-state index contributed by atoms with van der Waals surface area (Å²) in [5, 5.41) is 0. The van der Waals surface area contributed by atoms with Gasteiger partial charge in [0.25, 0.3) is 0 Å². The van der Waals surface area contributed by atoms with Crippen molar-refractivity contribution >= 4 is 13.8 Å². The van der Waals surface area contributed by atoms with E-state index in [1.54, 1.807) is 0 Å². The molecular formula is C58H108NO7P. The molecule has 0 aromatic heterocycles. The van der Waals surface area contributed by atoms with Crippen LogP contribution in [0.25, 0.3) is 0 Å². The number of phosphoric ester groups is 1. The minimum atomic E-state index is -4.29. The van der Waals surface area contributed by atoms with Gasteiger partial charge in [-0.2, -0.15) is 0 Å². The number of rotatable bonds is 54. The Morgan fingerprint density at radius 1 is 0.463 bits per heavy atom. The fourth-order valence-electron chi connectivity index (χ4n) is 8.09. The molecule has 0 heterocycles. The van der Waals surface area contributed by atoms with Crippen LogP contribution in [0.15, 0.2) is 60.8 Å². The molecule has 0 aliphatic carbocycles. The molecule has 9 heteroatoms. The molecule has 3 N–H and O–H groups in total. The number of hydrogen-bond acceptors (Lipinski definition) is 7. The largest absolute Gasteiger partial charge is 0.472 e. The number of unbranched alkanes of at least 4 members (excludes halogenated alkanes) is 31. The van der Waals surface area contributed by atoms with Crippen molar-refractivity contribution in [3.63, 3.8) is 0 Å². The van der Waals surface area contributed by atoms with Crippen LogP contribution in [0.4, 0.5) is 0 Å². The summed E-state index contributed by atoms with van der Waals surface area (Å²) in [5.41, 5.74) is 5.40. The van der Waals surface area contributed by atoms with Crippen LogP contribution in [0.1, 0.15) is 264 Å². The number of esters is 1. The first-order valence-electron chi connectivity index (χ1n) is 28.3. The van der Waals surface area contributed by atoms with E-state index in [4.69, 9.17) is 24.3 Å². The highest BCUT2D eigenvalue weighted by atomic mass is 31.2. The zero-order valence-corrected chi connectivity index (χ0v) is 44.8. The van der Waals surface area contributed by atoms with Gasteiger partial charge in [0.2, 0.25) is 0 Å². The summed E-state index contributed by atoms with van der Waals surface area (Å²) >= 11 is 0. The van der Waals surface area contributed by atoms with Crippen LogP contribution in [0.2, 0.25) is 0 Å². The summed E-state index contributed by atoms with van der Waals surface area (Å²) in [6.07, 6.45) is 69.8. The maximum Gasteiger partial charge on any atom is 0.472 e. The number of hydrogen-bond donors (Lipinski definition) is 2. The summed E-state index contributed by atoms with van der Waals surface area (Å²) in [5.74, 6) is -0.333. The Hall–Kier alpha value is -1.80. The van der Waals surface area contributed by atoms with E-state index < -0.39 is 13.9 Å². The highest BCUT2D eigenvalue weighted by molar-refractivity contribution is 7.47. The Labute approximate surface area is 414 Å². The maximum absolute atomic E-state index is 12.7. The van der Waals surface area contributed by atoms with Crippen LogP contribution in [-0.4, -0.2) is 49.9 Å². The fraction of sp³-hybridized carbons (Fsp3) is 0.810.